The number of nitrogens with one attached hydrogen (secondary N) is 2. The molecule has 1 aromatic carbocycles. The fourth-order valence-corrected chi connectivity index (χ4v) is 3.40. The zero-order valence-electron chi connectivity index (χ0n) is 15.1. The van der Waals surface area contributed by atoms with Gasteiger partial charge in [-0.05, 0) is 26.0 Å². The van der Waals surface area contributed by atoms with Crippen LogP contribution < -0.4 is 10.6 Å². The van der Waals surface area contributed by atoms with Gasteiger partial charge in [0.05, 0.1) is 19.8 Å². The van der Waals surface area contributed by atoms with E-state index in [1.165, 1.54) is 17.8 Å². The third-order valence-corrected chi connectivity index (χ3v) is 5.07. The lowest BCUT2D eigenvalue weighted by Crippen LogP contribution is -2.44. The average Bonchev–Trinajstić information content (AvgIpc) is 2.65. The van der Waals surface area contributed by atoms with Crippen molar-refractivity contribution < 1.29 is 9.13 Å². The maximum absolute atomic E-state index is 13.6. The molecule has 1 aliphatic rings. The van der Waals surface area contributed by atoms with Crippen LogP contribution in [-0.2, 0) is 4.74 Å². The number of hydrogen-bond donors (Lipinski definition) is 2. The van der Waals surface area contributed by atoms with Crippen LogP contribution in [0.1, 0.15) is 13.8 Å². The van der Waals surface area contributed by atoms with Crippen molar-refractivity contribution in [2.75, 3.05) is 51.7 Å². The SMILES string of the molecule is CCNC(=NCC(C)N1CCOCC1)NCCSc1ccccc1F. The molecule has 0 spiro atoms. The smallest absolute Gasteiger partial charge is 0.191 e. The van der Waals surface area contributed by atoms with Crippen molar-refractivity contribution in [3.05, 3.63) is 30.1 Å². The number of morpholine rings is 1. The number of thioether (sulfide) groups is 1. The molecule has 0 bridgehead atoms. The Morgan fingerprint density at radius 3 is 2.80 bits per heavy atom. The Balaban J connectivity index is 1.74. The predicted molar refractivity (Wildman–Crippen MR) is 103 cm³/mol. The molecule has 5 nitrogen and oxygen atoms in total. The first kappa shape index (κ1) is 20.0. The molecule has 0 aromatic heterocycles. The molecule has 140 valence electrons. The summed E-state index contributed by atoms with van der Waals surface area (Å²) in [7, 11) is 0. The number of guanidine groups is 1. The zero-order valence-corrected chi connectivity index (χ0v) is 15.9. The summed E-state index contributed by atoms with van der Waals surface area (Å²) in [6.07, 6.45) is 0. The molecule has 1 heterocycles. The number of aliphatic imine (C=N–C) groups is 1. The summed E-state index contributed by atoms with van der Waals surface area (Å²) in [5.41, 5.74) is 0. The van der Waals surface area contributed by atoms with Crippen molar-refractivity contribution in [2.45, 2.75) is 24.8 Å². The molecule has 0 radical (unpaired) electrons. The largest absolute Gasteiger partial charge is 0.379 e. The number of hydrogen-bond acceptors (Lipinski definition) is 4. The van der Waals surface area contributed by atoms with Gasteiger partial charge in [0, 0.05) is 42.9 Å². The van der Waals surface area contributed by atoms with Gasteiger partial charge in [0.1, 0.15) is 5.82 Å². The molecule has 1 aliphatic heterocycles. The summed E-state index contributed by atoms with van der Waals surface area (Å²) in [6.45, 7) is 10.1. The van der Waals surface area contributed by atoms with Gasteiger partial charge in [0.2, 0.25) is 0 Å². The number of halogens is 1. The van der Waals surface area contributed by atoms with E-state index in [4.69, 9.17) is 4.74 Å². The number of nitrogens with zero attached hydrogens (tertiary/aromatic N) is 2. The Morgan fingerprint density at radius 2 is 2.08 bits per heavy atom. The second-order valence-corrected chi connectivity index (χ2v) is 7.06. The minimum absolute atomic E-state index is 0.160. The van der Waals surface area contributed by atoms with Gasteiger partial charge in [-0.1, -0.05) is 12.1 Å². The van der Waals surface area contributed by atoms with Crippen molar-refractivity contribution in [3.8, 4) is 0 Å². The van der Waals surface area contributed by atoms with Crippen LogP contribution in [0.4, 0.5) is 4.39 Å². The molecule has 0 amide bonds. The third kappa shape index (κ3) is 7.22. The molecular weight excluding hydrogens is 339 g/mol. The van der Waals surface area contributed by atoms with Crippen molar-refractivity contribution >= 4 is 17.7 Å². The summed E-state index contributed by atoms with van der Waals surface area (Å²) in [6, 6.07) is 7.27. The highest BCUT2D eigenvalue weighted by molar-refractivity contribution is 7.99. The Hall–Kier alpha value is -1.31. The van der Waals surface area contributed by atoms with Crippen molar-refractivity contribution in [2.24, 2.45) is 4.99 Å². The standard InChI is InChI=1S/C18H29FN4OS/c1-3-20-18(22-14-15(2)23-9-11-24-12-10-23)21-8-13-25-17-7-5-4-6-16(17)19/h4-7,15H,3,8-14H2,1-2H3,(H2,20,21,22). The highest BCUT2D eigenvalue weighted by Crippen LogP contribution is 2.20. The lowest BCUT2D eigenvalue weighted by Gasteiger charge is -2.31. The monoisotopic (exact) mass is 368 g/mol. The minimum Gasteiger partial charge on any atom is -0.379 e. The van der Waals surface area contributed by atoms with Crippen LogP contribution in [0.3, 0.4) is 0 Å². The fraction of sp³-hybridized carbons (Fsp3) is 0.611. The molecule has 1 atom stereocenters. The first-order valence-electron chi connectivity index (χ1n) is 8.92. The van der Waals surface area contributed by atoms with Crippen LogP contribution in [-0.4, -0.2) is 68.6 Å². The van der Waals surface area contributed by atoms with Crippen LogP contribution in [0, 0.1) is 5.82 Å². The van der Waals surface area contributed by atoms with Gasteiger partial charge in [0.15, 0.2) is 5.96 Å². The van der Waals surface area contributed by atoms with E-state index in [2.05, 4.69) is 34.4 Å². The third-order valence-electron chi connectivity index (χ3n) is 4.02. The van der Waals surface area contributed by atoms with Crippen LogP contribution in [0.15, 0.2) is 34.2 Å². The summed E-state index contributed by atoms with van der Waals surface area (Å²) in [4.78, 5) is 7.77. The Morgan fingerprint density at radius 1 is 1.32 bits per heavy atom. The van der Waals surface area contributed by atoms with E-state index in [-0.39, 0.29) is 5.82 Å². The Kier molecular flexibility index (Phi) is 9.07. The molecule has 1 aromatic rings. The lowest BCUT2D eigenvalue weighted by atomic mass is 10.2. The Bertz CT molecular complexity index is 538. The van der Waals surface area contributed by atoms with Crippen LogP contribution in [0.2, 0.25) is 0 Å². The van der Waals surface area contributed by atoms with E-state index in [9.17, 15) is 4.39 Å². The quantitative estimate of drug-likeness (QED) is 0.319. The summed E-state index contributed by atoms with van der Waals surface area (Å²) in [5, 5.41) is 6.58. The van der Waals surface area contributed by atoms with Gasteiger partial charge in [-0.25, -0.2) is 4.39 Å². The van der Waals surface area contributed by atoms with Crippen molar-refractivity contribution in [3.63, 3.8) is 0 Å². The normalized spacial score (nSPS) is 17.3. The summed E-state index contributed by atoms with van der Waals surface area (Å²) >= 11 is 1.51. The molecular formula is C18H29FN4OS. The molecule has 0 saturated carbocycles. The second-order valence-electron chi connectivity index (χ2n) is 5.92. The van der Waals surface area contributed by atoms with Gasteiger partial charge < -0.3 is 15.4 Å². The number of benzene rings is 1. The molecule has 2 rings (SSSR count). The molecule has 25 heavy (non-hydrogen) atoms. The molecule has 1 fully saturated rings. The summed E-state index contributed by atoms with van der Waals surface area (Å²) in [5.74, 6) is 1.44. The molecule has 1 saturated heterocycles. The lowest BCUT2D eigenvalue weighted by molar-refractivity contribution is 0.0220. The predicted octanol–water partition coefficient (Wildman–Crippen LogP) is 2.19. The van der Waals surface area contributed by atoms with Gasteiger partial charge >= 0.3 is 0 Å². The van der Waals surface area contributed by atoms with E-state index in [1.807, 2.05) is 12.1 Å². The first-order chi connectivity index (χ1) is 12.2. The van der Waals surface area contributed by atoms with Crippen LogP contribution in [0.5, 0.6) is 0 Å². The molecule has 0 aliphatic carbocycles. The second kappa shape index (κ2) is 11.3. The fourth-order valence-electron chi connectivity index (χ4n) is 2.59. The maximum Gasteiger partial charge on any atom is 0.191 e. The van der Waals surface area contributed by atoms with Gasteiger partial charge in [-0.3, -0.25) is 9.89 Å². The molecule has 2 N–H and O–H groups in total. The van der Waals surface area contributed by atoms with E-state index in [0.29, 0.717) is 10.9 Å². The van der Waals surface area contributed by atoms with E-state index in [0.717, 1.165) is 57.6 Å². The highest BCUT2D eigenvalue weighted by Gasteiger charge is 2.16. The van der Waals surface area contributed by atoms with Crippen LogP contribution in [0.25, 0.3) is 0 Å². The minimum atomic E-state index is -0.160. The maximum atomic E-state index is 13.6. The van der Waals surface area contributed by atoms with Crippen LogP contribution >= 0.6 is 11.8 Å². The summed E-state index contributed by atoms with van der Waals surface area (Å²) < 4.78 is 19.0. The molecule has 1 unspecified atom stereocenters. The van der Waals surface area contributed by atoms with Gasteiger partial charge in [0.25, 0.3) is 0 Å². The average molecular weight is 369 g/mol. The van der Waals surface area contributed by atoms with E-state index in [1.54, 1.807) is 6.07 Å². The van der Waals surface area contributed by atoms with E-state index >= 15 is 0 Å². The van der Waals surface area contributed by atoms with Gasteiger partial charge in [-0.15, -0.1) is 11.8 Å². The van der Waals surface area contributed by atoms with Crippen molar-refractivity contribution in [1.29, 1.82) is 0 Å². The highest BCUT2D eigenvalue weighted by atomic mass is 32.2. The van der Waals surface area contributed by atoms with Crippen molar-refractivity contribution in [1.82, 2.24) is 15.5 Å². The number of ether oxygens (including phenoxy) is 1. The topological polar surface area (TPSA) is 48.9 Å². The first-order valence-corrected chi connectivity index (χ1v) is 9.90. The Labute approximate surface area is 154 Å². The van der Waals surface area contributed by atoms with E-state index < -0.39 is 0 Å². The number of rotatable bonds is 8. The zero-order chi connectivity index (χ0) is 17.9. The van der Waals surface area contributed by atoms with Gasteiger partial charge in [-0.2, -0.15) is 0 Å². The molecule has 7 heteroatoms.